The van der Waals surface area contributed by atoms with E-state index in [1.807, 2.05) is 44.3 Å². The van der Waals surface area contributed by atoms with Crippen LogP contribution < -0.4 is 5.32 Å². The SMILES string of the molecule is CN[C@@H](C)C(O)c1ccccc1.Cl. The molecule has 0 saturated carbocycles. The van der Waals surface area contributed by atoms with Crippen molar-refractivity contribution in [1.82, 2.24) is 5.32 Å². The van der Waals surface area contributed by atoms with Crippen molar-refractivity contribution in [1.29, 1.82) is 0 Å². The summed E-state index contributed by atoms with van der Waals surface area (Å²) < 4.78 is 0. The van der Waals surface area contributed by atoms with Gasteiger partial charge >= 0.3 is 0 Å². The number of benzene rings is 1. The molecule has 74 valence electrons. The van der Waals surface area contributed by atoms with Crippen LogP contribution in [0.3, 0.4) is 0 Å². The molecule has 0 spiro atoms. The lowest BCUT2D eigenvalue weighted by molar-refractivity contribution is 0.140. The van der Waals surface area contributed by atoms with Crippen molar-refractivity contribution in [3.8, 4) is 0 Å². The Hall–Kier alpha value is -0.570. The molecule has 1 rings (SSSR count). The number of aliphatic hydroxyl groups excluding tert-OH is 1. The Balaban J connectivity index is 0.00000144. The molecule has 2 nitrogen and oxygen atoms in total. The smallest absolute Gasteiger partial charge is 0.0940 e. The molecule has 0 aliphatic carbocycles. The molecule has 0 aliphatic rings. The molecular formula is C10H16ClNO. The Labute approximate surface area is 85.4 Å². The molecule has 2 N–H and O–H groups in total. The first kappa shape index (κ1) is 12.4. The number of hydrogen-bond donors (Lipinski definition) is 2. The van der Waals surface area contributed by atoms with Gasteiger partial charge in [-0.25, -0.2) is 0 Å². The lowest BCUT2D eigenvalue weighted by Crippen LogP contribution is -2.28. The van der Waals surface area contributed by atoms with Crippen molar-refractivity contribution in [3.05, 3.63) is 35.9 Å². The van der Waals surface area contributed by atoms with Crippen molar-refractivity contribution in [2.24, 2.45) is 0 Å². The van der Waals surface area contributed by atoms with E-state index in [4.69, 9.17) is 0 Å². The first-order valence-corrected chi connectivity index (χ1v) is 4.16. The van der Waals surface area contributed by atoms with Gasteiger partial charge in [0.2, 0.25) is 0 Å². The predicted octanol–water partition coefficient (Wildman–Crippen LogP) is 1.75. The third kappa shape index (κ3) is 3.35. The Morgan fingerprint density at radius 2 is 1.77 bits per heavy atom. The van der Waals surface area contributed by atoms with Crippen molar-refractivity contribution in [3.63, 3.8) is 0 Å². The van der Waals surface area contributed by atoms with E-state index < -0.39 is 6.10 Å². The van der Waals surface area contributed by atoms with E-state index in [9.17, 15) is 5.11 Å². The highest BCUT2D eigenvalue weighted by atomic mass is 35.5. The number of aliphatic hydroxyl groups is 1. The Morgan fingerprint density at radius 1 is 1.23 bits per heavy atom. The number of rotatable bonds is 3. The van der Waals surface area contributed by atoms with Gasteiger partial charge in [0.1, 0.15) is 0 Å². The van der Waals surface area contributed by atoms with E-state index in [-0.39, 0.29) is 18.4 Å². The minimum Gasteiger partial charge on any atom is -0.387 e. The van der Waals surface area contributed by atoms with Gasteiger partial charge in [0.05, 0.1) is 6.10 Å². The highest BCUT2D eigenvalue weighted by molar-refractivity contribution is 5.85. The zero-order chi connectivity index (χ0) is 8.97. The highest BCUT2D eigenvalue weighted by Gasteiger charge is 2.12. The minimum absolute atomic E-state index is 0. The van der Waals surface area contributed by atoms with Crippen molar-refractivity contribution >= 4 is 12.4 Å². The summed E-state index contributed by atoms with van der Waals surface area (Å²) in [6, 6.07) is 9.76. The maximum Gasteiger partial charge on any atom is 0.0940 e. The summed E-state index contributed by atoms with van der Waals surface area (Å²) in [6.07, 6.45) is -0.420. The van der Waals surface area contributed by atoms with Crippen molar-refractivity contribution < 1.29 is 5.11 Å². The van der Waals surface area contributed by atoms with Gasteiger partial charge in [-0.1, -0.05) is 30.3 Å². The summed E-state index contributed by atoms with van der Waals surface area (Å²) in [5.74, 6) is 0. The van der Waals surface area contributed by atoms with E-state index in [0.29, 0.717) is 0 Å². The topological polar surface area (TPSA) is 32.3 Å². The number of likely N-dealkylation sites (N-methyl/N-ethyl adjacent to an activating group) is 1. The van der Waals surface area contributed by atoms with Crippen LogP contribution >= 0.6 is 12.4 Å². The summed E-state index contributed by atoms with van der Waals surface area (Å²) in [5.41, 5.74) is 0.958. The van der Waals surface area contributed by atoms with Gasteiger partial charge in [-0.3, -0.25) is 0 Å². The van der Waals surface area contributed by atoms with E-state index in [2.05, 4.69) is 5.32 Å². The Kier molecular flexibility index (Phi) is 5.71. The number of hydrogen-bond acceptors (Lipinski definition) is 2. The molecule has 0 amide bonds. The normalized spacial score (nSPS) is 14.4. The van der Waals surface area contributed by atoms with Crippen LogP contribution in [0.1, 0.15) is 18.6 Å². The largest absolute Gasteiger partial charge is 0.387 e. The van der Waals surface area contributed by atoms with Gasteiger partial charge in [0.15, 0.2) is 0 Å². The van der Waals surface area contributed by atoms with Crippen LogP contribution in [-0.2, 0) is 0 Å². The standard InChI is InChI=1S/C10H15NO.ClH/c1-8(11-2)10(12)9-6-4-3-5-7-9;/h3-8,10-12H,1-2H3;1H/t8-,10?;/m0./s1. The van der Waals surface area contributed by atoms with Gasteiger partial charge in [-0.2, -0.15) is 0 Å². The molecule has 0 saturated heterocycles. The number of nitrogens with one attached hydrogen (secondary N) is 1. The maximum atomic E-state index is 9.73. The number of halogens is 1. The monoisotopic (exact) mass is 201 g/mol. The second kappa shape index (κ2) is 5.97. The van der Waals surface area contributed by atoms with E-state index in [1.165, 1.54) is 0 Å². The fourth-order valence-corrected chi connectivity index (χ4v) is 1.10. The van der Waals surface area contributed by atoms with Crippen LogP contribution in [0.2, 0.25) is 0 Å². The second-order valence-electron chi connectivity index (χ2n) is 2.93. The van der Waals surface area contributed by atoms with Crippen LogP contribution in [-0.4, -0.2) is 18.2 Å². The fraction of sp³-hybridized carbons (Fsp3) is 0.400. The van der Waals surface area contributed by atoms with Crippen molar-refractivity contribution in [2.75, 3.05) is 7.05 Å². The molecule has 0 radical (unpaired) electrons. The highest BCUT2D eigenvalue weighted by Crippen LogP contribution is 2.15. The molecule has 13 heavy (non-hydrogen) atoms. The van der Waals surface area contributed by atoms with E-state index in [1.54, 1.807) is 0 Å². The average Bonchev–Trinajstić information content (AvgIpc) is 2.17. The van der Waals surface area contributed by atoms with Gasteiger partial charge < -0.3 is 10.4 Å². The molecule has 0 aliphatic heterocycles. The summed E-state index contributed by atoms with van der Waals surface area (Å²) in [7, 11) is 1.84. The predicted molar refractivity (Wildman–Crippen MR) is 57.2 cm³/mol. The van der Waals surface area contributed by atoms with Gasteiger partial charge in [0.25, 0.3) is 0 Å². The van der Waals surface area contributed by atoms with Crippen molar-refractivity contribution in [2.45, 2.75) is 19.1 Å². The maximum absolute atomic E-state index is 9.73. The van der Waals surface area contributed by atoms with Crippen LogP contribution in [0.15, 0.2) is 30.3 Å². The van der Waals surface area contributed by atoms with Gasteiger partial charge in [-0.15, -0.1) is 12.4 Å². The summed E-state index contributed by atoms with van der Waals surface area (Å²) in [6.45, 7) is 1.96. The Bertz CT molecular complexity index is 228. The third-order valence-corrected chi connectivity index (χ3v) is 2.07. The quantitative estimate of drug-likeness (QED) is 0.781. The van der Waals surface area contributed by atoms with Crippen LogP contribution in [0.4, 0.5) is 0 Å². The first-order chi connectivity index (χ1) is 5.75. The molecular weight excluding hydrogens is 186 g/mol. The summed E-state index contributed by atoms with van der Waals surface area (Å²) >= 11 is 0. The average molecular weight is 202 g/mol. The molecule has 0 heterocycles. The molecule has 1 unspecified atom stereocenters. The molecule has 0 bridgehead atoms. The molecule has 1 aromatic carbocycles. The fourth-order valence-electron chi connectivity index (χ4n) is 1.10. The summed E-state index contributed by atoms with van der Waals surface area (Å²) in [5, 5.41) is 12.7. The first-order valence-electron chi connectivity index (χ1n) is 4.16. The second-order valence-corrected chi connectivity index (χ2v) is 2.93. The summed E-state index contributed by atoms with van der Waals surface area (Å²) in [4.78, 5) is 0. The molecule has 0 fully saturated rings. The lowest BCUT2D eigenvalue weighted by atomic mass is 10.0. The van der Waals surface area contributed by atoms with Crippen LogP contribution in [0.5, 0.6) is 0 Å². The van der Waals surface area contributed by atoms with E-state index >= 15 is 0 Å². The molecule has 3 heteroatoms. The molecule has 0 aromatic heterocycles. The Morgan fingerprint density at radius 3 is 2.23 bits per heavy atom. The zero-order valence-electron chi connectivity index (χ0n) is 7.90. The van der Waals surface area contributed by atoms with Crippen LogP contribution in [0, 0.1) is 0 Å². The zero-order valence-corrected chi connectivity index (χ0v) is 8.71. The van der Waals surface area contributed by atoms with E-state index in [0.717, 1.165) is 5.56 Å². The van der Waals surface area contributed by atoms with Crippen LogP contribution in [0.25, 0.3) is 0 Å². The van der Waals surface area contributed by atoms with Gasteiger partial charge in [0, 0.05) is 6.04 Å². The lowest BCUT2D eigenvalue weighted by Gasteiger charge is -2.17. The third-order valence-electron chi connectivity index (χ3n) is 2.07. The minimum atomic E-state index is -0.420. The molecule has 2 atom stereocenters. The molecule has 1 aromatic rings. The van der Waals surface area contributed by atoms with Gasteiger partial charge in [-0.05, 0) is 19.5 Å².